The van der Waals surface area contributed by atoms with Gasteiger partial charge >= 0.3 is 0 Å². The summed E-state index contributed by atoms with van der Waals surface area (Å²) >= 11 is 0. The zero-order chi connectivity index (χ0) is 25.5. The van der Waals surface area contributed by atoms with Crippen LogP contribution in [0.2, 0.25) is 0 Å². The maximum atomic E-state index is 13.1. The van der Waals surface area contributed by atoms with Gasteiger partial charge in [0, 0.05) is 43.7 Å². The van der Waals surface area contributed by atoms with Crippen molar-refractivity contribution >= 4 is 11.6 Å². The Morgan fingerprint density at radius 2 is 1.81 bits per heavy atom. The number of fused-ring (bicyclic) bond motifs is 1. The van der Waals surface area contributed by atoms with E-state index < -0.39 is 0 Å². The van der Waals surface area contributed by atoms with Crippen LogP contribution in [0.4, 0.5) is 0 Å². The van der Waals surface area contributed by atoms with Crippen LogP contribution in [0.1, 0.15) is 34.7 Å². The summed E-state index contributed by atoms with van der Waals surface area (Å²) in [4.78, 5) is 21.8. The summed E-state index contributed by atoms with van der Waals surface area (Å²) in [7, 11) is 1.64. The van der Waals surface area contributed by atoms with E-state index in [2.05, 4.69) is 15.3 Å². The third kappa shape index (κ3) is 5.78. The van der Waals surface area contributed by atoms with Crippen LogP contribution >= 0.6 is 0 Å². The van der Waals surface area contributed by atoms with Gasteiger partial charge in [-0.05, 0) is 53.1 Å². The third-order valence-electron chi connectivity index (χ3n) is 6.25. The molecule has 1 unspecified atom stereocenters. The van der Waals surface area contributed by atoms with E-state index in [1.807, 2.05) is 95.7 Å². The molecule has 0 aliphatic heterocycles. The van der Waals surface area contributed by atoms with Gasteiger partial charge in [0.1, 0.15) is 12.4 Å². The number of ether oxygens (including phenoxy) is 2. The number of benzene rings is 2. The number of aromatic nitrogens is 3. The van der Waals surface area contributed by atoms with Crippen molar-refractivity contribution in [3.05, 3.63) is 126 Å². The van der Waals surface area contributed by atoms with Crippen LogP contribution in [0, 0.1) is 0 Å². The first-order valence-electron chi connectivity index (χ1n) is 12.1. The van der Waals surface area contributed by atoms with Crippen molar-refractivity contribution in [1.82, 2.24) is 19.7 Å². The number of hydrogen-bond acceptors (Lipinski definition) is 5. The molecule has 3 heterocycles. The second-order valence-electron chi connectivity index (χ2n) is 8.69. The molecule has 0 aliphatic rings. The molecule has 0 fully saturated rings. The lowest BCUT2D eigenvalue weighted by Gasteiger charge is -2.18. The number of carbonyl (C=O) groups is 1. The monoisotopic (exact) mass is 492 g/mol. The number of pyridine rings is 2. The van der Waals surface area contributed by atoms with Crippen LogP contribution in [-0.2, 0) is 17.9 Å². The van der Waals surface area contributed by atoms with Gasteiger partial charge in [0.25, 0.3) is 0 Å². The Kier molecular flexibility index (Phi) is 7.41. The minimum Gasteiger partial charge on any atom is -0.497 e. The van der Waals surface area contributed by atoms with Crippen molar-refractivity contribution in [2.24, 2.45) is 0 Å². The molecule has 0 saturated heterocycles. The molecule has 0 spiro atoms. The molecule has 7 heteroatoms. The lowest BCUT2D eigenvalue weighted by atomic mass is 9.92. The molecule has 7 nitrogen and oxygen atoms in total. The Hall–Kier alpha value is -4.65. The van der Waals surface area contributed by atoms with Crippen LogP contribution in [0.25, 0.3) is 5.65 Å². The normalized spacial score (nSPS) is 11.7. The molecule has 37 heavy (non-hydrogen) atoms. The molecule has 5 aromatic rings. The topological polar surface area (TPSA) is 77.8 Å². The van der Waals surface area contributed by atoms with Gasteiger partial charge in [-0.15, -0.1) is 0 Å². The van der Waals surface area contributed by atoms with E-state index in [1.54, 1.807) is 19.5 Å². The fourth-order valence-electron chi connectivity index (χ4n) is 4.32. The molecular weight excluding hydrogens is 464 g/mol. The van der Waals surface area contributed by atoms with Crippen molar-refractivity contribution in [3.8, 4) is 11.5 Å². The molecule has 5 rings (SSSR count). The van der Waals surface area contributed by atoms with Crippen LogP contribution in [-0.4, -0.2) is 27.4 Å². The van der Waals surface area contributed by atoms with Gasteiger partial charge in [0.15, 0.2) is 11.4 Å². The maximum Gasteiger partial charge on any atom is 0.221 e. The fourth-order valence-corrected chi connectivity index (χ4v) is 4.32. The summed E-state index contributed by atoms with van der Waals surface area (Å²) in [6, 6.07) is 25.5. The van der Waals surface area contributed by atoms with E-state index in [4.69, 9.17) is 9.47 Å². The molecule has 0 bridgehead atoms. The van der Waals surface area contributed by atoms with E-state index in [9.17, 15) is 4.79 Å². The first kappa shape index (κ1) is 24.1. The summed E-state index contributed by atoms with van der Waals surface area (Å²) in [6.45, 7) is 0.885. The van der Waals surface area contributed by atoms with Crippen LogP contribution < -0.4 is 14.8 Å². The largest absolute Gasteiger partial charge is 0.497 e. The first-order chi connectivity index (χ1) is 18.2. The summed E-state index contributed by atoms with van der Waals surface area (Å²) in [5.74, 6) is 1.12. The SMILES string of the molecule is COc1cccc(C(CC(=O)NCc2ccncc2)c2cnc3c(OCc4ccccc4)cccn23)c1. The lowest BCUT2D eigenvalue weighted by Crippen LogP contribution is -2.25. The third-order valence-corrected chi connectivity index (χ3v) is 6.25. The predicted octanol–water partition coefficient (Wildman–Crippen LogP) is 5.16. The molecule has 1 atom stereocenters. The molecule has 3 aromatic heterocycles. The maximum absolute atomic E-state index is 13.1. The second kappa shape index (κ2) is 11.4. The molecule has 186 valence electrons. The first-order valence-corrected chi connectivity index (χ1v) is 12.1. The van der Waals surface area contributed by atoms with Crippen molar-refractivity contribution in [1.29, 1.82) is 0 Å². The van der Waals surface area contributed by atoms with Gasteiger partial charge in [-0.3, -0.25) is 9.78 Å². The van der Waals surface area contributed by atoms with E-state index in [0.717, 1.165) is 28.1 Å². The highest BCUT2D eigenvalue weighted by Gasteiger charge is 2.23. The Morgan fingerprint density at radius 3 is 2.62 bits per heavy atom. The highest BCUT2D eigenvalue weighted by molar-refractivity contribution is 5.77. The van der Waals surface area contributed by atoms with Gasteiger partial charge in [0.2, 0.25) is 5.91 Å². The van der Waals surface area contributed by atoms with Crippen LogP contribution in [0.15, 0.2) is 104 Å². The number of hydrogen-bond donors (Lipinski definition) is 1. The Morgan fingerprint density at radius 1 is 0.973 bits per heavy atom. The van der Waals surface area contributed by atoms with Gasteiger partial charge in [0.05, 0.1) is 12.8 Å². The van der Waals surface area contributed by atoms with E-state index in [-0.39, 0.29) is 18.2 Å². The highest BCUT2D eigenvalue weighted by Crippen LogP contribution is 2.32. The van der Waals surface area contributed by atoms with Crippen LogP contribution in [0.5, 0.6) is 11.5 Å². The van der Waals surface area contributed by atoms with Crippen molar-refractivity contribution in [2.75, 3.05) is 7.11 Å². The van der Waals surface area contributed by atoms with Gasteiger partial charge in [-0.1, -0.05) is 42.5 Å². The number of methoxy groups -OCH3 is 1. The average molecular weight is 493 g/mol. The second-order valence-corrected chi connectivity index (χ2v) is 8.69. The van der Waals surface area contributed by atoms with Crippen molar-refractivity contribution in [2.45, 2.75) is 25.5 Å². The Bertz CT molecular complexity index is 1470. The van der Waals surface area contributed by atoms with E-state index >= 15 is 0 Å². The Balaban J connectivity index is 1.43. The van der Waals surface area contributed by atoms with Gasteiger partial charge < -0.3 is 19.2 Å². The molecule has 0 saturated carbocycles. The highest BCUT2D eigenvalue weighted by atomic mass is 16.5. The van der Waals surface area contributed by atoms with Gasteiger partial charge in [-0.2, -0.15) is 0 Å². The molecule has 0 radical (unpaired) electrons. The molecular formula is C30H28N4O3. The number of imidazole rings is 1. The quantitative estimate of drug-likeness (QED) is 0.292. The Labute approximate surface area is 215 Å². The van der Waals surface area contributed by atoms with Crippen LogP contribution in [0.3, 0.4) is 0 Å². The minimum atomic E-state index is -0.244. The average Bonchev–Trinajstić information content (AvgIpc) is 3.39. The summed E-state index contributed by atoms with van der Waals surface area (Å²) in [5, 5.41) is 3.04. The number of rotatable bonds is 10. The standard InChI is InChI=1S/C30H28N4O3/c1-36-25-10-5-9-24(17-25)26(18-29(35)32-19-22-12-14-31-15-13-22)27-20-33-30-28(11-6-16-34(27)30)37-21-23-7-3-2-4-8-23/h2-17,20,26H,18-19,21H2,1H3,(H,32,35). The minimum absolute atomic E-state index is 0.0592. The molecule has 0 aliphatic carbocycles. The molecule has 1 N–H and O–H groups in total. The zero-order valence-corrected chi connectivity index (χ0v) is 20.6. The number of amides is 1. The van der Waals surface area contributed by atoms with Crippen molar-refractivity contribution in [3.63, 3.8) is 0 Å². The number of carbonyl (C=O) groups excluding carboxylic acids is 1. The number of nitrogens with zero attached hydrogens (tertiary/aromatic N) is 3. The fraction of sp³-hybridized carbons (Fsp3) is 0.167. The summed E-state index contributed by atoms with van der Waals surface area (Å²) in [5.41, 5.74) is 4.65. The predicted molar refractivity (Wildman–Crippen MR) is 142 cm³/mol. The van der Waals surface area contributed by atoms with Gasteiger partial charge in [-0.25, -0.2) is 4.98 Å². The summed E-state index contributed by atoms with van der Waals surface area (Å²) in [6.07, 6.45) is 7.47. The lowest BCUT2D eigenvalue weighted by molar-refractivity contribution is -0.121. The van der Waals surface area contributed by atoms with E-state index in [1.165, 1.54) is 0 Å². The van der Waals surface area contributed by atoms with E-state index in [0.29, 0.717) is 24.5 Å². The van der Waals surface area contributed by atoms with Crippen molar-refractivity contribution < 1.29 is 14.3 Å². The molecule has 1 amide bonds. The zero-order valence-electron chi connectivity index (χ0n) is 20.6. The summed E-state index contributed by atoms with van der Waals surface area (Å²) < 4.78 is 13.6. The number of nitrogens with one attached hydrogen (secondary N) is 1. The molecule has 2 aromatic carbocycles. The smallest absolute Gasteiger partial charge is 0.221 e.